The van der Waals surface area contributed by atoms with E-state index in [-0.39, 0.29) is 12.4 Å². The van der Waals surface area contributed by atoms with Crippen molar-refractivity contribution in [2.75, 3.05) is 12.4 Å². The van der Waals surface area contributed by atoms with Crippen molar-refractivity contribution in [2.24, 2.45) is 0 Å². The number of nitrogens with zero attached hydrogens (tertiary/aromatic N) is 1. The highest BCUT2D eigenvalue weighted by Crippen LogP contribution is 2.21. The van der Waals surface area contributed by atoms with Crippen LogP contribution in [0.3, 0.4) is 0 Å². The van der Waals surface area contributed by atoms with Crippen LogP contribution in [0.2, 0.25) is 0 Å². The number of methoxy groups -OCH3 is 1. The number of carbonyl (C=O) groups excluding carboxylic acids is 1. The third-order valence-corrected chi connectivity index (χ3v) is 3.60. The van der Waals surface area contributed by atoms with Gasteiger partial charge in [-0.3, -0.25) is 4.79 Å². The van der Waals surface area contributed by atoms with Gasteiger partial charge < -0.3 is 19.2 Å². The van der Waals surface area contributed by atoms with E-state index in [0.717, 1.165) is 0 Å². The highest BCUT2D eigenvalue weighted by Gasteiger charge is 2.13. The topological polar surface area (TPSA) is 84.5 Å². The van der Waals surface area contributed by atoms with Crippen molar-refractivity contribution in [2.45, 2.75) is 6.61 Å². The van der Waals surface area contributed by atoms with Gasteiger partial charge in [0, 0.05) is 6.07 Å². The Morgan fingerprint density at radius 3 is 2.73 bits per heavy atom. The molecule has 0 bridgehead atoms. The van der Waals surface area contributed by atoms with Gasteiger partial charge >= 0.3 is 0 Å². The van der Waals surface area contributed by atoms with E-state index in [0.29, 0.717) is 28.5 Å². The number of anilines is 1. The summed E-state index contributed by atoms with van der Waals surface area (Å²) in [5, 5.41) is 11.7. The van der Waals surface area contributed by atoms with Crippen LogP contribution in [0.15, 0.2) is 65.1 Å². The van der Waals surface area contributed by atoms with Gasteiger partial charge in [0.25, 0.3) is 5.91 Å². The number of hydrogen-bond acceptors (Lipinski definition) is 5. The number of ether oxygens (including phenoxy) is 2. The fourth-order valence-electron chi connectivity index (χ4n) is 2.30. The molecule has 0 aliphatic heterocycles. The van der Waals surface area contributed by atoms with Gasteiger partial charge in [-0.1, -0.05) is 18.2 Å². The summed E-state index contributed by atoms with van der Waals surface area (Å²) in [5.41, 5.74) is 0.819. The minimum atomic E-state index is -0.430. The Balaban J connectivity index is 1.63. The van der Waals surface area contributed by atoms with Gasteiger partial charge in [0.2, 0.25) is 0 Å². The molecule has 130 valence electrons. The Labute approximate surface area is 150 Å². The van der Waals surface area contributed by atoms with E-state index in [2.05, 4.69) is 5.32 Å². The van der Waals surface area contributed by atoms with Crippen molar-refractivity contribution in [3.05, 3.63) is 77.7 Å². The first kappa shape index (κ1) is 17.1. The second kappa shape index (κ2) is 7.90. The van der Waals surface area contributed by atoms with E-state index in [9.17, 15) is 4.79 Å². The Morgan fingerprint density at radius 2 is 1.92 bits per heavy atom. The zero-order valence-electron chi connectivity index (χ0n) is 14.1. The lowest BCUT2D eigenvalue weighted by atomic mass is 10.2. The van der Waals surface area contributed by atoms with E-state index >= 15 is 0 Å². The summed E-state index contributed by atoms with van der Waals surface area (Å²) in [6.45, 7) is 0.176. The van der Waals surface area contributed by atoms with Gasteiger partial charge in [-0.2, -0.15) is 5.26 Å². The van der Waals surface area contributed by atoms with E-state index in [1.54, 1.807) is 55.6 Å². The largest absolute Gasteiger partial charge is 0.497 e. The number of amides is 1. The number of rotatable bonds is 6. The Kier molecular flexibility index (Phi) is 5.20. The zero-order valence-corrected chi connectivity index (χ0v) is 14.1. The first-order chi connectivity index (χ1) is 12.7. The van der Waals surface area contributed by atoms with Crippen molar-refractivity contribution >= 4 is 11.6 Å². The summed E-state index contributed by atoms with van der Waals surface area (Å²) in [4.78, 5) is 12.3. The average molecular weight is 348 g/mol. The Bertz CT molecular complexity index is 956. The molecule has 0 saturated heterocycles. The molecule has 0 radical (unpaired) electrons. The van der Waals surface area contributed by atoms with Crippen molar-refractivity contribution in [1.29, 1.82) is 5.26 Å². The third kappa shape index (κ3) is 4.02. The fourth-order valence-corrected chi connectivity index (χ4v) is 2.30. The summed E-state index contributed by atoms with van der Waals surface area (Å²) >= 11 is 0. The highest BCUT2D eigenvalue weighted by molar-refractivity contribution is 6.03. The van der Waals surface area contributed by atoms with Crippen LogP contribution in [-0.2, 0) is 6.61 Å². The number of hydrogen-bond donors (Lipinski definition) is 1. The number of nitriles is 1. The normalized spacial score (nSPS) is 10.0. The van der Waals surface area contributed by atoms with Crippen LogP contribution in [0.5, 0.6) is 11.5 Å². The molecule has 2 aromatic carbocycles. The molecule has 0 spiro atoms. The first-order valence-corrected chi connectivity index (χ1v) is 7.85. The smallest absolute Gasteiger partial charge is 0.291 e. The second-order valence-electron chi connectivity index (χ2n) is 5.35. The van der Waals surface area contributed by atoms with Gasteiger partial charge in [-0.15, -0.1) is 0 Å². The van der Waals surface area contributed by atoms with E-state index in [4.69, 9.17) is 19.2 Å². The molecule has 0 aliphatic carbocycles. The third-order valence-electron chi connectivity index (χ3n) is 3.60. The lowest BCUT2D eigenvalue weighted by Crippen LogP contribution is -2.11. The molecular weight excluding hydrogens is 332 g/mol. The lowest BCUT2D eigenvalue weighted by molar-refractivity contribution is 0.0992. The SMILES string of the molecule is COc1cccc(OCc2ccc(C(=O)Nc3ccccc3C#N)o2)c1. The molecule has 0 unspecified atom stereocenters. The van der Waals surface area contributed by atoms with Gasteiger partial charge in [0.05, 0.1) is 18.4 Å². The fraction of sp³-hybridized carbons (Fsp3) is 0.100. The van der Waals surface area contributed by atoms with Crippen molar-refractivity contribution in [3.63, 3.8) is 0 Å². The highest BCUT2D eigenvalue weighted by atomic mass is 16.5. The van der Waals surface area contributed by atoms with Gasteiger partial charge in [-0.25, -0.2) is 0 Å². The van der Waals surface area contributed by atoms with Crippen LogP contribution in [0.4, 0.5) is 5.69 Å². The molecule has 1 aromatic heterocycles. The molecule has 6 heteroatoms. The first-order valence-electron chi connectivity index (χ1n) is 7.85. The summed E-state index contributed by atoms with van der Waals surface area (Å²) in [5.74, 6) is 1.54. The monoisotopic (exact) mass is 348 g/mol. The van der Waals surface area contributed by atoms with Gasteiger partial charge in [0.15, 0.2) is 5.76 Å². The molecule has 0 aliphatic rings. The minimum Gasteiger partial charge on any atom is -0.497 e. The maximum atomic E-state index is 12.3. The summed E-state index contributed by atoms with van der Waals surface area (Å²) in [6.07, 6.45) is 0. The number of nitrogens with one attached hydrogen (secondary N) is 1. The molecular formula is C20H16N2O4. The molecule has 3 aromatic rings. The Morgan fingerprint density at radius 1 is 1.12 bits per heavy atom. The van der Waals surface area contributed by atoms with Crippen LogP contribution < -0.4 is 14.8 Å². The molecule has 0 fully saturated rings. The number of para-hydroxylation sites is 1. The van der Waals surface area contributed by atoms with Crippen LogP contribution in [0, 0.1) is 11.3 Å². The predicted octanol–water partition coefficient (Wildman–Crippen LogP) is 3.99. The number of carbonyl (C=O) groups is 1. The second-order valence-corrected chi connectivity index (χ2v) is 5.35. The van der Waals surface area contributed by atoms with Crippen LogP contribution in [0.1, 0.15) is 21.9 Å². The standard InChI is InChI=1S/C20H16N2O4/c1-24-15-6-4-7-16(11-15)25-13-17-9-10-19(26-17)20(23)22-18-8-3-2-5-14(18)12-21/h2-11H,13H2,1H3,(H,22,23). The van der Waals surface area contributed by atoms with Crippen molar-refractivity contribution < 1.29 is 18.7 Å². The van der Waals surface area contributed by atoms with Gasteiger partial charge in [-0.05, 0) is 36.4 Å². The van der Waals surface area contributed by atoms with E-state index in [1.807, 2.05) is 18.2 Å². The maximum Gasteiger partial charge on any atom is 0.291 e. The molecule has 6 nitrogen and oxygen atoms in total. The van der Waals surface area contributed by atoms with E-state index < -0.39 is 5.91 Å². The lowest BCUT2D eigenvalue weighted by Gasteiger charge is -2.06. The van der Waals surface area contributed by atoms with Crippen molar-refractivity contribution in [3.8, 4) is 17.6 Å². The molecule has 1 amide bonds. The summed E-state index contributed by atoms with van der Waals surface area (Å²) < 4.78 is 16.3. The molecule has 1 N–H and O–H groups in total. The quantitative estimate of drug-likeness (QED) is 0.728. The summed E-state index contributed by atoms with van der Waals surface area (Å²) in [6, 6.07) is 19.2. The molecule has 1 heterocycles. The van der Waals surface area contributed by atoms with Crippen LogP contribution in [0.25, 0.3) is 0 Å². The van der Waals surface area contributed by atoms with Crippen LogP contribution >= 0.6 is 0 Å². The molecule has 3 rings (SSSR count). The van der Waals surface area contributed by atoms with Gasteiger partial charge in [0.1, 0.15) is 29.9 Å². The minimum absolute atomic E-state index is 0.141. The van der Waals surface area contributed by atoms with Crippen molar-refractivity contribution in [1.82, 2.24) is 0 Å². The molecule has 26 heavy (non-hydrogen) atoms. The Hall–Kier alpha value is -3.72. The molecule has 0 atom stereocenters. The summed E-state index contributed by atoms with van der Waals surface area (Å²) in [7, 11) is 1.58. The number of furan rings is 1. The average Bonchev–Trinajstić information content (AvgIpc) is 3.16. The van der Waals surface area contributed by atoms with E-state index in [1.165, 1.54) is 0 Å². The number of benzene rings is 2. The predicted molar refractivity (Wildman–Crippen MR) is 95.1 cm³/mol. The van der Waals surface area contributed by atoms with Crippen LogP contribution in [-0.4, -0.2) is 13.0 Å². The maximum absolute atomic E-state index is 12.3. The zero-order chi connectivity index (χ0) is 18.4. The molecule has 0 saturated carbocycles.